The number of aromatic hydroxyl groups is 1. The second-order valence-corrected chi connectivity index (χ2v) is 5.98. The fourth-order valence-electron chi connectivity index (χ4n) is 2.45. The molecule has 0 bridgehead atoms. The average molecular weight is 391 g/mol. The topological polar surface area (TPSA) is 122 Å². The molecule has 9 nitrogen and oxygen atoms in total. The number of nitrogens with zero attached hydrogens (tertiary/aromatic N) is 5. The van der Waals surface area contributed by atoms with Gasteiger partial charge in [-0.15, -0.1) is 10.2 Å². The van der Waals surface area contributed by atoms with E-state index in [2.05, 4.69) is 20.5 Å². The third-order valence-electron chi connectivity index (χ3n) is 3.96. The van der Waals surface area contributed by atoms with E-state index in [1.165, 1.54) is 25.3 Å². The fourth-order valence-corrected chi connectivity index (χ4v) is 2.45. The second-order valence-electron chi connectivity index (χ2n) is 5.98. The maximum Gasteiger partial charge on any atom is 0.271 e. The average Bonchev–Trinajstić information content (AvgIpc) is 2.72. The molecule has 0 amide bonds. The Kier molecular flexibility index (Phi) is 5.88. The molecule has 0 aliphatic rings. The zero-order valence-corrected chi connectivity index (χ0v) is 15.7. The lowest BCUT2D eigenvalue weighted by molar-refractivity contribution is -0.384. The van der Waals surface area contributed by atoms with E-state index in [0.29, 0.717) is 28.5 Å². The lowest BCUT2D eigenvalue weighted by Gasteiger charge is -2.07. The minimum atomic E-state index is -0.488. The molecular formula is C20H17N5O4. The summed E-state index contributed by atoms with van der Waals surface area (Å²) in [6.45, 7) is 1.82. The van der Waals surface area contributed by atoms with Crippen molar-refractivity contribution < 1.29 is 14.8 Å². The number of hydrogen-bond acceptors (Lipinski definition) is 8. The molecule has 3 aromatic rings. The van der Waals surface area contributed by atoms with Crippen LogP contribution in [0, 0.1) is 17.0 Å². The van der Waals surface area contributed by atoms with Crippen molar-refractivity contribution in [1.82, 2.24) is 0 Å². The number of benzene rings is 3. The largest absolute Gasteiger partial charge is 0.506 e. The summed E-state index contributed by atoms with van der Waals surface area (Å²) in [4.78, 5) is 10.4. The van der Waals surface area contributed by atoms with E-state index in [9.17, 15) is 15.2 Å². The number of phenols is 1. The number of para-hydroxylation sites is 1. The molecule has 0 saturated carbocycles. The van der Waals surface area contributed by atoms with Gasteiger partial charge in [0.2, 0.25) is 0 Å². The monoisotopic (exact) mass is 391 g/mol. The lowest BCUT2D eigenvalue weighted by atomic mass is 10.1. The van der Waals surface area contributed by atoms with Gasteiger partial charge in [-0.25, -0.2) is 0 Å². The van der Waals surface area contributed by atoms with Crippen molar-refractivity contribution in [2.75, 3.05) is 7.11 Å². The molecule has 0 aromatic heterocycles. The Hall–Kier alpha value is -4.14. The van der Waals surface area contributed by atoms with Gasteiger partial charge in [0.25, 0.3) is 5.69 Å². The van der Waals surface area contributed by atoms with Crippen LogP contribution in [0.25, 0.3) is 0 Å². The number of rotatable bonds is 6. The van der Waals surface area contributed by atoms with Gasteiger partial charge in [-0.1, -0.05) is 18.2 Å². The van der Waals surface area contributed by atoms with E-state index in [1.807, 2.05) is 6.92 Å². The molecule has 3 rings (SSSR count). The van der Waals surface area contributed by atoms with Crippen molar-refractivity contribution in [1.29, 1.82) is 0 Å². The molecule has 0 heterocycles. The highest BCUT2D eigenvalue weighted by Gasteiger charge is 2.09. The van der Waals surface area contributed by atoms with Crippen molar-refractivity contribution in [2.24, 2.45) is 20.5 Å². The number of nitro benzene ring substituents is 1. The second kappa shape index (κ2) is 8.70. The van der Waals surface area contributed by atoms with Crippen LogP contribution in [0.1, 0.15) is 5.56 Å². The minimum absolute atomic E-state index is 0.0225. The Morgan fingerprint density at radius 3 is 2.34 bits per heavy atom. The molecule has 29 heavy (non-hydrogen) atoms. The molecule has 1 N–H and O–H groups in total. The third-order valence-corrected chi connectivity index (χ3v) is 3.96. The van der Waals surface area contributed by atoms with Crippen molar-refractivity contribution in [3.63, 3.8) is 0 Å². The normalized spacial score (nSPS) is 11.2. The smallest absolute Gasteiger partial charge is 0.271 e. The van der Waals surface area contributed by atoms with E-state index in [1.54, 1.807) is 42.5 Å². The van der Waals surface area contributed by atoms with Crippen LogP contribution in [0.2, 0.25) is 0 Å². The van der Waals surface area contributed by atoms with Crippen LogP contribution in [-0.4, -0.2) is 17.1 Å². The zero-order valence-electron chi connectivity index (χ0n) is 15.7. The van der Waals surface area contributed by atoms with E-state index in [0.717, 1.165) is 5.56 Å². The number of non-ortho nitro benzene ring substituents is 1. The van der Waals surface area contributed by atoms with Gasteiger partial charge in [-0.2, -0.15) is 10.2 Å². The first-order valence-corrected chi connectivity index (χ1v) is 8.52. The van der Waals surface area contributed by atoms with Crippen LogP contribution in [-0.2, 0) is 0 Å². The predicted octanol–water partition coefficient (Wildman–Crippen LogP) is 6.45. The number of azo groups is 2. The van der Waals surface area contributed by atoms with Crippen LogP contribution in [0.15, 0.2) is 81.1 Å². The standard InChI is InChI=1S/C20H17N5O4/c1-13-10-18(24-22-16-8-3-4-9-19(16)26)20(29-2)12-17(13)23-21-14-6-5-7-15(11-14)25(27)28/h3-12,26H,1-2H3. The summed E-state index contributed by atoms with van der Waals surface area (Å²) < 4.78 is 5.36. The molecule has 0 aliphatic carbocycles. The van der Waals surface area contributed by atoms with Gasteiger partial charge in [0, 0.05) is 18.2 Å². The maximum atomic E-state index is 10.9. The molecule has 146 valence electrons. The van der Waals surface area contributed by atoms with Gasteiger partial charge >= 0.3 is 0 Å². The van der Waals surface area contributed by atoms with E-state index < -0.39 is 4.92 Å². The van der Waals surface area contributed by atoms with Crippen molar-refractivity contribution in [2.45, 2.75) is 6.92 Å². The van der Waals surface area contributed by atoms with Gasteiger partial charge in [0.15, 0.2) is 0 Å². The number of ether oxygens (including phenoxy) is 1. The molecule has 0 atom stereocenters. The summed E-state index contributed by atoms with van der Waals surface area (Å²) in [7, 11) is 1.49. The molecule has 9 heteroatoms. The Morgan fingerprint density at radius 2 is 1.62 bits per heavy atom. The van der Waals surface area contributed by atoms with E-state index >= 15 is 0 Å². The van der Waals surface area contributed by atoms with Gasteiger partial charge < -0.3 is 9.84 Å². The molecule has 0 radical (unpaired) electrons. The minimum Gasteiger partial charge on any atom is -0.506 e. The quantitative estimate of drug-likeness (QED) is 0.295. The first-order chi connectivity index (χ1) is 14.0. The molecule has 0 spiro atoms. The van der Waals surface area contributed by atoms with Gasteiger partial charge in [-0.05, 0) is 36.8 Å². The third kappa shape index (κ3) is 4.78. The Morgan fingerprint density at radius 1 is 0.897 bits per heavy atom. The lowest BCUT2D eigenvalue weighted by Crippen LogP contribution is -1.86. The van der Waals surface area contributed by atoms with Crippen molar-refractivity contribution in [3.05, 3.63) is 76.3 Å². The molecule has 0 fully saturated rings. The SMILES string of the molecule is COc1cc(N=Nc2cccc([N+](=O)[O-])c2)c(C)cc1N=Nc1ccccc1O. The Labute approximate surface area is 166 Å². The first-order valence-electron chi connectivity index (χ1n) is 8.52. The highest BCUT2D eigenvalue weighted by Crippen LogP contribution is 2.37. The van der Waals surface area contributed by atoms with Crippen LogP contribution >= 0.6 is 0 Å². The molecule has 0 unspecified atom stereocenters. The summed E-state index contributed by atoms with van der Waals surface area (Å²) in [5.74, 6) is 0.442. The Bertz CT molecular complexity index is 1110. The summed E-state index contributed by atoms with van der Waals surface area (Å²) in [5, 5.41) is 37.1. The van der Waals surface area contributed by atoms with Crippen LogP contribution < -0.4 is 4.74 Å². The number of nitro groups is 1. The number of methoxy groups -OCH3 is 1. The highest BCUT2D eigenvalue weighted by atomic mass is 16.6. The van der Waals surface area contributed by atoms with Crippen molar-refractivity contribution >= 4 is 28.4 Å². The van der Waals surface area contributed by atoms with Crippen LogP contribution in [0.4, 0.5) is 28.4 Å². The van der Waals surface area contributed by atoms with Gasteiger partial charge in [0.1, 0.15) is 22.9 Å². The Balaban J connectivity index is 1.89. The van der Waals surface area contributed by atoms with Crippen LogP contribution in [0.3, 0.4) is 0 Å². The molecule has 0 aliphatic heterocycles. The highest BCUT2D eigenvalue weighted by molar-refractivity contribution is 5.63. The number of hydrogen-bond donors (Lipinski definition) is 1. The van der Waals surface area contributed by atoms with Crippen molar-refractivity contribution in [3.8, 4) is 11.5 Å². The van der Waals surface area contributed by atoms with E-state index in [-0.39, 0.29) is 11.4 Å². The van der Waals surface area contributed by atoms with Gasteiger partial charge in [-0.3, -0.25) is 10.1 Å². The van der Waals surface area contributed by atoms with Crippen LogP contribution in [0.5, 0.6) is 11.5 Å². The summed E-state index contributed by atoms with van der Waals surface area (Å²) in [6.07, 6.45) is 0. The number of phenolic OH excluding ortho intramolecular Hbond substituents is 1. The van der Waals surface area contributed by atoms with Gasteiger partial charge in [0.05, 0.1) is 23.4 Å². The fraction of sp³-hybridized carbons (Fsp3) is 0.100. The van der Waals surface area contributed by atoms with E-state index in [4.69, 9.17) is 4.74 Å². The zero-order chi connectivity index (χ0) is 20.8. The first kappa shape index (κ1) is 19.6. The number of aryl methyl sites for hydroxylation is 1. The predicted molar refractivity (Wildman–Crippen MR) is 107 cm³/mol. The maximum absolute atomic E-state index is 10.9. The summed E-state index contributed by atoms with van der Waals surface area (Å²) >= 11 is 0. The molecular weight excluding hydrogens is 374 g/mol. The molecule has 0 saturated heterocycles. The summed E-state index contributed by atoms with van der Waals surface area (Å²) in [6, 6.07) is 15.9. The summed E-state index contributed by atoms with van der Waals surface area (Å²) in [5.41, 5.74) is 2.38. The molecule has 3 aromatic carbocycles.